The fourth-order valence-corrected chi connectivity index (χ4v) is 2.75. The highest BCUT2D eigenvalue weighted by Gasteiger charge is 2.01. The van der Waals surface area contributed by atoms with Crippen LogP contribution in [0.15, 0.2) is 34.1 Å². The molecule has 0 amide bonds. The molecule has 0 saturated heterocycles. The number of halogens is 3. The number of anilines is 1. The first-order valence-corrected chi connectivity index (χ1v) is 6.62. The Balaban J connectivity index is 2.02. The highest BCUT2D eigenvalue weighted by atomic mass is 79.9. The maximum absolute atomic E-state index is 13.1. The summed E-state index contributed by atoms with van der Waals surface area (Å²) in [4.78, 5) is 1.18. The molecular formula is C11H8BrClFNS. The van der Waals surface area contributed by atoms with Crippen LogP contribution >= 0.6 is 38.9 Å². The summed E-state index contributed by atoms with van der Waals surface area (Å²) in [6, 6.07) is 6.73. The molecule has 5 heteroatoms. The van der Waals surface area contributed by atoms with Crippen LogP contribution in [-0.2, 0) is 6.54 Å². The number of hydrogen-bond acceptors (Lipinski definition) is 2. The number of nitrogens with one attached hydrogen (secondary N) is 1. The minimum atomic E-state index is -0.404. The Morgan fingerprint density at radius 2 is 2.19 bits per heavy atom. The van der Waals surface area contributed by atoms with Crippen molar-refractivity contribution in [1.29, 1.82) is 0 Å². The third kappa shape index (κ3) is 2.97. The van der Waals surface area contributed by atoms with Crippen molar-refractivity contribution in [3.8, 4) is 0 Å². The Kier molecular flexibility index (Phi) is 3.84. The van der Waals surface area contributed by atoms with Gasteiger partial charge < -0.3 is 5.32 Å². The monoisotopic (exact) mass is 319 g/mol. The van der Waals surface area contributed by atoms with Crippen LogP contribution in [0.5, 0.6) is 0 Å². The molecule has 1 aromatic heterocycles. The summed E-state index contributed by atoms with van der Waals surface area (Å²) in [5.41, 5.74) is 0.728. The molecule has 0 aliphatic rings. The van der Waals surface area contributed by atoms with Gasteiger partial charge in [0.1, 0.15) is 5.82 Å². The van der Waals surface area contributed by atoms with Crippen LogP contribution in [-0.4, -0.2) is 0 Å². The molecule has 1 heterocycles. The number of rotatable bonds is 3. The van der Waals surface area contributed by atoms with Crippen LogP contribution in [0.4, 0.5) is 10.1 Å². The molecule has 84 valence electrons. The molecule has 0 aliphatic heterocycles. The smallest absolute Gasteiger partial charge is 0.143 e. The average molecular weight is 321 g/mol. The SMILES string of the molecule is Fc1cc(NCc2cc(Br)cs2)ccc1Cl. The predicted octanol–water partition coefficient (Wildman–Crippen LogP) is 4.92. The second-order valence-corrected chi connectivity index (χ2v) is 5.53. The van der Waals surface area contributed by atoms with Gasteiger partial charge in [-0.15, -0.1) is 11.3 Å². The lowest BCUT2D eigenvalue weighted by atomic mass is 10.3. The Hall–Kier alpha value is -0.580. The van der Waals surface area contributed by atoms with Gasteiger partial charge in [-0.3, -0.25) is 0 Å². The molecule has 0 spiro atoms. The van der Waals surface area contributed by atoms with Gasteiger partial charge in [-0.1, -0.05) is 11.6 Å². The summed E-state index contributed by atoms with van der Waals surface area (Å²) in [5, 5.41) is 5.29. The second kappa shape index (κ2) is 5.17. The highest BCUT2D eigenvalue weighted by molar-refractivity contribution is 9.10. The summed E-state index contributed by atoms with van der Waals surface area (Å²) >= 11 is 10.6. The Morgan fingerprint density at radius 1 is 1.38 bits per heavy atom. The molecule has 1 nitrogen and oxygen atoms in total. The molecule has 0 atom stereocenters. The van der Waals surface area contributed by atoms with E-state index in [9.17, 15) is 4.39 Å². The minimum absolute atomic E-state index is 0.143. The number of benzene rings is 1. The lowest BCUT2D eigenvalue weighted by Crippen LogP contribution is -1.97. The van der Waals surface area contributed by atoms with Gasteiger partial charge in [0.05, 0.1) is 5.02 Å². The van der Waals surface area contributed by atoms with Crippen molar-refractivity contribution in [3.05, 3.63) is 49.8 Å². The van der Waals surface area contributed by atoms with Crippen LogP contribution in [0, 0.1) is 5.82 Å². The van der Waals surface area contributed by atoms with Crippen molar-refractivity contribution in [2.75, 3.05) is 5.32 Å². The predicted molar refractivity (Wildman–Crippen MR) is 70.8 cm³/mol. The van der Waals surface area contributed by atoms with Gasteiger partial charge >= 0.3 is 0 Å². The zero-order chi connectivity index (χ0) is 11.5. The van der Waals surface area contributed by atoms with Gasteiger partial charge in [0.25, 0.3) is 0 Å². The Labute approximate surface area is 110 Å². The first kappa shape index (κ1) is 11.9. The van der Waals surface area contributed by atoms with Crippen molar-refractivity contribution in [2.45, 2.75) is 6.54 Å². The van der Waals surface area contributed by atoms with Crippen molar-refractivity contribution >= 4 is 44.6 Å². The number of hydrogen-bond donors (Lipinski definition) is 1. The molecule has 0 unspecified atom stereocenters. The lowest BCUT2D eigenvalue weighted by molar-refractivity contribution is 0.628. The maximum atomic E-state index is 13.1. The summed E-state index contributed by atoms with van der Waals surface area (Å²) in [6.07, 6.45) is 0. The topological polar surface area (TPSA) is 12.0 Å². The van der Waals surface area contributed by atoms with E-state index >= 15 is 0 Å². The van der Waals surface area contributed by atoms with Crippen LogP contribution in [0.25, 0.3) is 0 Å². The summed E-state index contributed by atoms with van der Waals surface area (Å²) in [6.45, 7) is 0.678. The normalized spacial score (nSPS) is 10.4. The van der Waals surface area contributed by atoms with Crippen LogP contribution in [0.1, 0.15) is 4.88 Å². The maximum Gasteiger partial charge on any atom is 0.143 e. The van der Waals surface area contributed by atoms with Crippen molar-refractivity contribution in [2.24, 2.45) is 0 Å². The van der Waals surface area contributed by atoms with Crippen LogP contribution in [0.3, 0.4) is 0 Å². The Morgan fingerprint density at radius 3 is 2.81 bits per heavy atom. The highest BCUT2D eigenvalue weighted by Crippen LogP contribution is 2.22. The Bertz CT molecular complexity index is 500. The van der Waals surface area contributed by atoms with Gasteiger partial charge in [-0.25, -0.2) is 4.39 Å². The number of thiophene rings is 1. The third-order valence-electron chi connectivity index (χ3n) is 2.01. The molecule has 0 saturated carbocycles. The summed E-state index contributed by atoms with van der Waals surface area (Å²) in [7, 11) is 0. The summed E-state index contributed by atoms with van der Waals surface area (Å²) in [5.74, 6) is -0.404. The van der Waals surface area contributed by atoms with E-state index in [4.69, 9.17) is 11.6 Å². The van der Waals surface area contributed by atoms with Crippen LogP contribution in [0.2, 0.25) is 5.02 Å². The second-order valence-electron chi connectivity index (χ2n) is 3.21. The fourth-order valence-electron chi connectivity index (χ4n) is 1.24. The lowest BCUT2D eigenvalue weighted by Gasteiger charge is -2.05. The van der Waals surface area contributed by atoms with E-state index in [1.165, 1.54) is 10.9 Å². The largest absolute Gasteiger partial charge is 0.380 e. The molecule has 1 N–H and O–H groups in total. The van der Waals surface area contributed by atoms with Crippen LogP contribution < -0.4 is 5.32 Å². The molecule has 2 rings (SSSR count). The molecule has 16 heavy (non-hydrogen) atoms. The molecule has 0 radical (unpaired) electrons. The van der Waals surface area contributed by atoms with Crippen molar-refractivity contribution in [1.82, 2.24) is 0 Å². The van der Waals surface area contributed by atoms with Gasteiger partial charge in [0, 0.05) is 27.0 Å². The van der Waals surface area contributed by atoms with Gasteiger partial charge in [0.15, 0.2) is 0 Å². The molecule has 0 fully saturated rings. The molecule has 0 aliphatic carbocycles. The van der Waals surface area contributed by atoms with E-state index in [0.717, 1.165) is 10.2 Å². The fraction of sp³-hybridized carbons (Fsp3) is 0.0909. The van der Waals surface area contributed by atoms with E-state index in [-0.39, 0.29) is 5.02 Å². The van der Waals surface area contributed by atoms with E-state index in [1.54, 1.807) is 23.5 Å². The minimum Gasteiger partial charge on any atom is -0.380 e. The van der Waals surface area contributed by atoms with Crippen molar-refractivity contribution < 1.29 is 4.39 Å². The van der Waals surface area contributed by atoms with E-state index < -0.39 is 5.82 Å². The molecule has 2 aromatic rings. The first-order valence-electron chi connectivity index (χ1n) is 4.57. The third-order valence-corrected chi connectivity index (χ3v) is 4.01. The first-order chi connectivity index (χ1) is 7.65. The van der Waals surface area contributed by atoms with Crippen molar-refractivity contribution in [3.63, 3.8) is 0 Å². The van der Waals surface area contributed by atoms with E-state index in [2.05, 4.69) is 21.2 Å². The van der Waals surface area contributed by atoms with E-state index in [0.29, 0.717) is 6.54 Å². The summed E-state index contributed by atoms with van der Waals surface area (Å²) < 4.78 is 14.2. The molecular weight excluding hydrogens is 313 g/mol. The quantitative estimate of drug-likeness (QED) is 0.847. The van der Waals surface area contributed by atoms with Gasteiger partial charge in [-0.2, -0.15) is 0 Å². The van der Waals surface area contributed by atoms with E-state index in [1.807, 2.05) is 11.4 Å². The zero-order valence-electron chi connectivity index (χ0n) is 8.14. The average Bonchev–Trinajstić information content (AvgIpc) is 2.66. The standard InChI is InChI=1S/C11H8BrClFNS/c12-7-3-9(16-6-7)5-15-8-1-2-10(13)11(14)4-8/h1-4,6,15H,5H2. The van der Waals surface area contributed by atoms with Gasteiger partial charge in [0.2, 0.25) is 0 Å². The zero-order valence-corrected chi connectivity index (χ0v) is 11.3. The van der Waals surface area contributed by atoms with Gasteiger partial charge in [-0.05, 0) is 40.2 Å². The molecule has 0 bridgehead atoms. The molecule has 1 aromatic carbocycles.